The van der Waals surface area contributed by atoms with Crippen molar-refractivity contribution in [2.24, 2.45) is 10.9 Å². The van der Waals surface area contributed by atoms with Gasteiger partial charge in [0.25, 0.3) is 11.8 Å². The van der Waals surface area contributed by atoms with Crippen LogP contribution in [0.3, 0.4) is 0 Å². The Bertz CT molecular complexity index is 1810. The average molecular weight is 516 g/mol. The second-order valence-corrected chi connectivity index (χ2v) is 9.78. The fraction of sp³-hybridized carbons (Fsp3) is 0.0385. The molecule has 1 heterocycles. The maximum atomic E-state index is 13.0. The summed E-state index contributed by atoms with van der Waals surface area (Å²) >= 11 is 0. The van der Waals surface area contributed by atoms with Crippen LogP contribution in [0.2, 0.25) is 0 Å². The molecule has 11 heteroatoms. The number of nitrogens with zero attached hydrogens (tertiary/aromatic N) is 2. The molecule has 0 spiro atoms. The largest absolute Gasteiger partial charge is 0.496 e. The molecule has 5 aromatic rings. The van der Waals surface area contributed by atoms with Gasteiger partial charge in [0, 0.05) is 16.5 Å². The lowest BCUT2D eigenvalue weighted by molar-refractivity contribution is 0.0994. The summed E-state index contributed by atoms with van der Waals surface area (Å²) in [6, 6.07) is 21.6. The number of carbonyl (C=O) groups excluding carboxylic acids is 2. The normalized spacial score (nSPS) is 11.5. The number of primary sulfonamides is 1. The van der Waals surface area contributed by atoms with E-state index < -0.39 is 15.9 Å². The van der Waals surface area contributed by atoms with Crippen molar-refractivity contribution >= 4 is 49.2 Å². The van der Waals surface area contributed by atoms with E-state index in [0.717, 1.165) is 5.39 Å². The molecular formula is C26H21N5O5S. The lowest BCUT2D eigenvalue weighted by atomic mass is 10.0. The number of nitrogens with two attached hydrogens (primary N) is 2. The number of benzene rings is 4. The van der Waals surface area contributed by atoms with Crippen LogP contribution in [0.5, 0.6) is 5.75 Å². The van der Waals surface area contributed by atoms with Crippen molar-refractivity contribution in [2.45, 2.75) is 4.90 Å². The summed E-state index contributed by atoms with van der Waals surface area (Å²) in [5.41, 5.74) is 7.58. The van der Waals surface area contributed by atoms with Gasteiger partial charge in [-0.1, -0.05) is 24.3 Å². The predicted octanol–water partition coefficient (Wildman–Crippen LogP) is 3.19. The molecule has 10 nitrogen and oxygen atoms in total. The Morgan fingerprint density at radius 1 is 0.946 bits per heavy atom. The highest BCUT2D eigenvalue weighted by molar-refractivity contribution is 7.89. The standard InChI is InChI=1S/C26H21N5O5S/c1-36-22-5-3-2-4-19(22)26(33)29-16-8-6-15-7-13-20-23(25(27)32)30-31(24(20)21(15)14-16)17-9-11-18(12-10-17)37(28,34)35/h2-14H,1H3,(H2,27,32)(H,29,33)(H2,28,34,35). The smallest absolute Gasteiger partial charge is 0.269 e. The molecule has 0 saturated carbocycles. The van der Waals surface area contributed by atoms with E-state index in [-0.39, 0.29) is 16.5 Å². The monoisotopic (exact) mass is 515 g/mol. The molecule has 0 radical (unpaired) electrons. The van der Waals surface area contributed by atoms with Crippen molar-refractivity contribution in [1.29, 1.82) is 0 Å². The highest BCUT2D eigenvalue weighted by Crippen LogP contribution is 2.32. The fourth-order valence-corrected chi connectivity index (χ4v) is 4.70. The first-order valence-electron chi connectivity index (χ1n) is 11.0. The van der Waals surface area contributed by atoms with Gasteiger partial charge in [-0.2, -0.15) is 5.10 Å². The number of nitrogens with one attached hydrogen (secondary N) is 1. The molecule has 2 amide bonds. The van der Waals surface area contributed by atoms with Crippen LogP contribution in [-0.4, -0.2) is 37.1 Å². The molecule has 0 aliphatic heterocycles. The molecule has 0 unspecified atom stereocenters. The molecule has 0 fully saturated rings. The zero-order chi connectivity index (χ0) is 26.3. The molecule has 0 aliphatic rings. The number of para-hydroxylation sites is 1. The van der Waals surface area contributed by atoms with Crippen LogP contribution in [0.15, 0.2) is 83.8 Å². The van der Waals surface area contributed by atoms with Crippen LogP contribution in [0.4, 0.5) is 5.69 Å². The first kappa shape index (κ1) is 24.0. The summed E-state index contributed by atoms with van der Waals surface area (Å²) in [5.74, 6) is -0.630. The minimum atomic E-state index is -3.89. The van der Waals surface area contributed by atoms with Crippen molar-refractivity contribution in [2.75, 3.05) is 12.4 Å². The number of hydrogen-bond donors (Lipinski definition) is 3. The van der Waals surface area contributed by atoms with Gasteiger partial charge in [0.05, 0.1) is 28.8 Å². The number of methoxy groups -OCH3 is 1. The maximum absolute atomic E-state index is 13.0. The number of aromatic nitrogens is 2. The quantitative estimate of drug-likeness (QED) is 0.315. The number of rotatable bonds is 6. The van der Waals surface area contributed by atoms with E-state index in [2.05, 4.69) is 10.4 Å². The van der Waals surface area contributed by atoms with Gasteiger partial charge in [-0.15, -0.1) is 0 Å². The zero-order valence-corrected chi connectivity index (χ0v) is 20.3. The molecule has 0 saturated heterocycles. The summed E-state index contributed by atoms with van der Waals surface area (Å²) in [7, 11) is -2.39. The van der Waals surface area contributed by atoms with Gasteiger partial charge < -0.3 is 15.8 Å². The zero-order valence-electron chi connectivity index (χ0n) is 19.5. The Labute approximate surface area is 211 Å². The number of anilines is 1. The third-order valence-electron chi connectivity index (χ3n) is 5.91. The van der Waals surface area contributed by atoms with E-state index in [1.807, 2.05) is 12.1 Å². The minimum absolute atomic E-state index is 0.0517. The van der Waals surface area contributed by atoms with Crippen molar-refractivity contribution in [3.05, 3.63) is 90.1 Å². The summed E-state index contributed by atoms with van der Waals surface area (Å²) in [5, 5.41) is 14.5. The first-order chi connectivity index (χ1) is 17.7. The second kappa shape index (κ2) is 9.04. The van der Waals surface area contributed by atoms with Gasteiger partial charge in [-0.05, 0) is 60.0 Å². The predicted molar refractivity (Wildman–Crippen MR) is 139 cm³/mol. The summed E-state index contributed by atoms with van der Waals surface area (Å²) in [4.78, 5) is 25.1. The number of sulfonamides is 1. The molecule has 37 heavy (non-hydrogen) atoms. The number of primary amides is 1. The van der Waals surface area contributed by atoms with E-state index >= 15 is 0 Å². The van der Waals surface area contributed by atoms with Crippen LogP contribution >= 0.6 is 0 Å². The molecule has 186 valence electrons. The Balaban J connectivity index is 1.67. The van der Waals surface area contributed by atoms with E-state index in [1.54, 1.807) is 42.5 Å². The van der Waals surface area contributed by atoms with Crippen molar-refractivity contribution in [3.63, 3.8) is 0 Å². The highest BCUT2D eigenvalue weighted by Gasteiger charge is 2.20. The summed E-state index contributed by atoms with van der Waals surface area (Å²) in [6.07, 6.45) is 0. The lowest BCUT2D eigenvalue weighted by Gasteiger charge is -2.11. The Hall–Kier alpha value is -4.74. The highest BCUT2D eigenvalue weighted by atomic mass is 32.2. The Morgan fingerprint density at radius 2 is 1.65 bits per heavy atom. The lowest BCUT2D eigenvalue weighted by Crippen LogP contribution is -2.13. The van der Waals surface area contributed by atoms with Crippen molar-refractivity contribution < 1.29 is 22.7 Å². The third-order valence-corrected chi connectivity index (χ3v) is 6.84. The third kappa shape index (κ3) is 4.37. The maximum Gasteiger partial charge on any atom is 0.269 e. The topological polar surface area (TPSA) is 159 Å². The summed E-state index contributed by atoms with van der Waals surface area (Å²) in [6.45, 7) is 0. The summed E-state index contributed by atoms with van der Waals surface area (Å²) < 4.78 is 30.2. The molecule has 4 aromatic carbocycles. The van der Waals surface area contributed by atoms with Crippen LogP contribution in [0, 0.1) is 0 Å². The molecule has 5 rings (SSSR count). The van der Waals surface area contributed by atoms with Gasteiger partial charge in [-0.25, -0.2) is 18.2 Å². The average Bonchev–Trinajstić information content (AvgIpc) is 3.29. The van der Waals surface area contributed by atoms with Gasteiger partial charge >= 0.3 is 0 Å². The van der Waals surface area contributed by atoms with Gasteiger partial charge in [0.1, 0.15) is 5.75 Å². The van der Waals surface area contributed by atoms with Crippen molar-refractivity contribution in [1.82, 2.24) is 9.78 Å². The fourth-order valence-electron chi connectivity index (χ4n) is 4.18. The minimum Gasteiger partial charge on any atom is -0.496 e. The number of amides is 2. The molecule has 1 aromatic heterocycles. The number of ether oxygens (including phenoxy) is 1. The molecule has 0 aliphatic carbocycles. The van der Waals surface area contributed by atoms with Crippen molar-refractivity contribution in [3.8, 4) is 11.4 Å². The molecule has 5 N–H and O–H groups in total. The number of carbonyl (C=O) groups is 2. The van der Waals surface area contributed by atoms with Crippen LogP contribution in [0.1, 0.15) is 20.8 Å². The number of hydrogen-bond acceptors (Lipinski definition) is 6. The molecule has 0 bridgehead atoms. The number of fused-ring (bicyclic) bond motifs is 3. The van der Waals surface area contributed by atoms with E-state index in [1.165, 1.54) is 36.1 Å². The second-order valence-electron chi connectivity index (χ2n) is 8.22. The van der Waals surface area contributed by atoms with Crippen LogP contribution in [0.25, 0.3) is 27.4 Å². The van der Waals surface area contributed by atoms with E-state index in [4.69, 9.17) is 15.6 Å². The SMILES string of the molecule is COc1ccccc1C(=O)Nc1ccc2ccc3c(C(N)=O)nn(-c4ccc(S(N)(=O)=O)cc4)c3c2c1. The van der Waals surface area contributed by atoms with Crippen LogP contribution < -0.4 is 20.9 Å². The molecular weight excluding hydrogens is 494 g/mol. The first-order valence-corrected chi connectivity index (χ1v) is 12.5. The van der Waals surface area contributed by atoms with Gasteiger partial charge in [0.15, 0.2) is 5.69 Å². The van der Waals surface area contributed by atoms with E-state index in [9.17, 15) is 18.0 Å². The Morgan fingerprint density at radius 3 is 2.32 bits per heavy atom. The van der Waals surface area contributed by atoms with Gasteiger partial charge in [-0.3, -0.25) is 9.59 Å². The Kier molecular flexibility index (Phi) is 5.86. The van der Waals surface area contributed by atoms with E-state index in [0.29, 0.717) is 39.0 Å². The van der Waals surface area contributed by atoms with Gasteiger partial charge in [0.2, 0.25) is 10.0 Å². The molecule has 0 atom stereocenters. The van der Waals surface area contributed by atoms with Crippen LogP contribution in [-0.2, 0) is 10.0 Å².